The van der Waals surface area contributed by atoms with Gasteiger partial charge in [0.25, 0.3) is 0 Å². The summed E-state index contributed by atoms with van der Waals surface area (Å²) in [7, 11) is 0. The summed E-state index contributed by atoms with van der Waals surface area (Å²) in [5.41, 5.74) is 1.27. The summed E-state index contributed by atoms with van der Waals surface area (Å²) in [4.78, 5) is 33.8. The summed E-state index contributed by atoms with van der Waals surface area (Å²) < 4.78 is 0. The highest BCUT2D eigenvalue weighted by Crippen LogP contribution is 2.25. The maximum Gasteiger partial charge on any atom is 0.238 e. The van der Waals surface area contributed by atoms with Crippen LogP contribution in [-0.4, -0.2) is 17.7 Å². The van der Waals surface area contributed by atoms with E-state index in [9.17, 15) is 14.4 Å². The normalized spacial score (nSPS) is 17.7. The molecule has 0 spiro atoms. The molecule has 1 heterocycles. The van der Waals surface area contributed by atoms with Crippen molar-refractivity contribution >= 4 is 23.4 Å². The number of anilines is 1. The molecule has 1 atom stereocenters. The largest absolute Gasteiger partial charge is 0.325 e. The molecule has 1 aliphatic rings. The first-order valence-corrected chi connectivity index (χ1v) is 5.70. The molecule has 2 N–H and O–H groups in total. The van der Waals surface area contributed by atoms with E-state index in [1.807, 2.05) is 0 Å². The fraction of sp³-hybridized carbons (Fsp3) is 0.231. The second-order valence-corrected chi connectivity index (χ2v) is 4.17. The average Bonchev–Trinajstić information content (AvgIpc) is 2.70. The summed E-state index contributed by atoms with van der Waals surface area (Å²) in [5.74, 6) is -1.42. The van der Waals surface area contributed by atoms with E-state index in [1.165, 1.54) is 0 Å². The predicted molar refractivity (Wildman–Crippen MR) is 65.8 cm³/mol. The quantitative estimate of drug-likeness (QED) is 0.777. The number of nitrogens with zero attached hydrogens (tertiary/aromatic N) is 1. The maximum atomic E-state index is 11.5. The molecule has 2 rings (SSSR count). The van der Waals surface area contributed by atoms with Crippen molar-refractivity contribution in [3.05, 3.63) is 29.8 Å². The van der Waals surface area contributed by atoms with Crippen LogP contribution in [-0.2, 0) is 14.4 Å². The molecule has 0 saturated carbocycles. The average molecular weight is 257 g/mol. The van der Waals surface area contributed by atoms with Crippen LogP contribution >= 0.6 is 0 Å². The number of nitrogens with one attached hydrogen (secondary N) is 2. The van der Waals surface area contributed by atoms with Gasteiger partial charge in [-0.05, 0) is 17.7 Å². The van der Waals surface area contributed by atoms with E-state index in [0.29, 0.717) is 5.69 Å². The summed E-state index contributed by atoms with van der Waals surface area (Å²) in [6.07, 6.45) is -0.0553. The van der Waals surface area contributed by atoms with Crippen molar-refractivity contribution in [1.82, 2.24) is 5.32 Å². The van der Waals surface area contributed by atoms with Crippen LogP contribution in [0.15, 0.2) is 24.3 Å². The van der Waals surface area contributed by atoms with E-state index in [-0.39, 0.29) is 30.6 Å². The van der Waals surface area contributed by atoms with Crippen molar-refractivity contribution in [3.8, 4) is 6.07 Å². The third-order valence-corrected chi connectivity index (χ3v) is 2.81. The third-order valence-electron chi connectivity index (χ3n) is 2.81. The number of rotatable bonds is 3. The SMILES string of the molecule is N#CCC(=O)Nc1ccc(C2CC(=O)NC2=O)cc1. The number of hydrogen-bond donors (Lipinski definition) is 2. The van der Waals surface area contributed by atoms with Crippen molar-refractivity contribution in [2.24, 2.45) is 0 Å². The number of carbonyl (C=O) groups excluding carboxylic acids is 3. The standard InChI is InChI=1S/C13H11N3O3/c14-6-5-11(17)15-9-3-1-8(2-4-9)10-7-12(18)16-13(10)19/h1-4,10H,5,7H2,(H,15,17)(H,16,18,19). The van der Waals surface area contributed by atoms with Crippen LogP contribution in [0, 0.1) is 11.3 Å². The molecule has 0 bridgehead atoms. The smallest absolute Gasteiger partial charge is 0.238 e. The van der Waals surface area contributed by atoms with Crippen LogP contribution in [0.3, 0.4) is 0 Å². The van der Waals surface area contributed by atoms with Crippen LogP contribution in [0.2, 0.25) is 0 Å². The van der Waals surface area contributed by atoms with Crippen molar-refractivity contribution in [2.45, 2.75) is 18.8 Å². The van der Waals surface area contributed by atoms with Crippen LogP contribution in [0.25, 0.3) is 0 Å². The summed E-state index contributed by atoms with van der Waals surface area (Å²) >= 11 is 0. The van der Waals surface area contributed by atoms with Crippen molar-refractivity contribution in [3.63, 3.8) is 0 Å². The molecule has 0 radical (unpaired) electrons. The number of nitriles is 1. The van der Waals surface area contributed by atoms with E-state index < -0.39 is 5.92 Å². The highest BCUT2D eigenvalue weighted by molar-refractivity contribution is 6.06. The summed E-state index contributed by atoms with van der Waals surface area (Å²) in [6.45, 7) is 0. The van der Waals surface area contributed by atoms with Gasteiger partial charge in [0.05, 0.1) is 12.0 Å². The number of carbonyl (C=O) groups is 3. The molecule has 19 heavy (non-hydrogen) atoms. The molecule has 1 fully saturated rings. The number of amides is 3. The molecule has 1 aromatic rings. The van der Waals surface area contributed by atoms with E-state index in [1.54, 1.807) is 30.3 Å². The summed E-state index contributed by atoms with van der Waals surface area (Å²) in [6, 6.07) is 8.40. The minimum absolute atomic E-state index is 0.152. The van der Waals surface area contributed by atoms with E-state index in [4.69, 9.17) is 5.26 Å². The Morgan fingerprint density at radius 2 is 2.05 bits per heavy atom. The Balaban J connectivity index is 2.07. The molecule has 6 heteroatoms. The van der Waals surface area contributed by atoms with Gasteiger partial charge in [-0.1, -0.05) is 12.1 Å². The lowest BCUT2D eigenvalue weighted by Gasteiger charge is -2.08. The Kier molecular flexibility index (Phi) is 3.57. The number of imide groups is 1. The molecular formula is C13H11N3O3. The Morgan fingerprint density at radius 1 is 1.37 bits per heavy atom. The Bertz CT molecular complexity index is 572. The Labute approximate surface area is 109 Å². The van der Waals surface area contributed by atoms with Crippen molar-refractivity contribution in [1.29, 1.82) is 5.26 Å². The van der Waals surface area contributed by atoms with Gasteiger partial charge in [0.2, 0.25) is 17.7 Å². The zero-order valence-electron chi connectivity index (χ0n) is 9.97. The number of benzene rings is 1. The van der Waals surface area contributed by atoms with Gasteiger partial charge in [-0.25, -0.2) is 0 Å². The van der Waals surface area contributed by atoms with Crippen LogP contribution < -0.4 is 10.6 Å². The molecule has 1 aliphatic heterocycles. The second kappa shape index (κ2) is 5.31. The Hall–Kier alpha value is -2.68. The first kappa shape index (κ1) is 12.8. The topological polar surface area (TPSA) is 99.1 Å². The van der Waals surface area contributed by atoms with Gasteiger partial charge in [-0.15, -0.1) is 0 Å². The zero-order valence-corrected chi connectivity index (χ0v) is 9.97. The van der Waals surface area contributed by atoms with E-state index >= 15 is 0 Å². The third kappa shape index (κ3) is 2.96. The van der Waals surface area contributed by atoms with Crippen LogP contribution in [0.4, 0.5) is 5.69 Å². The lowest BCUT2D eigenvalue weighted by Crippen LogP contribution is -2.21. The van der Waals surface area contributed by atoms with Gasteiger partial charge >= 0.3 is 0 Å². The molecule has 3 amide bonds. The van der Waals surface area contributed by atoms with Crippen LogP contribution in [0.5, 0.6) is 0 Å². The zero-order chi connectivity index (χ0) is 13.8. The van der Waals surface area contributed by atoms with Gasteiger partial charge in [0, 0.05) is 12.1 Å². The highest BCUT2D eigenvalue weighted by Gasteiger charge is 2.31. The lowest BCUT2D eigenvalue weighted by molar-refractivity contribution is -0.125. The van der Waals surface area contributed by atoms with E-state index in [0.717, 1.165) is 5.56 Å². The Morgan fingerprint density at radius 3 is 2.58 bits per heavy atom. The predicted octanol–water partition coefficient (Wildman–Crippen LogP) is 0.669. The molecule has 0 aliphatic carbocycles. The fourth-order valence-corrected chi connectivity index (χ4v) is 1.90. The maximum absolute atomic E-state index is 11.5. The fourth-order valence-electron chi connectivity index (χ4n) is 1.90. The monoisotopic (exact) mass is 257 g/mol. The summed E-state index contributed by atoms with van der Waals surface area (Å²) in [5, 5.41) is 13.2. The highest BCUT2D eigenvalue weighted by atomic mass is 16.2. The van der Waals surface area contributed by atoms with Crippen LogP contribution in [0.1, 0.15) is 24.3 Å². The molecular weight excluding hydrogens is 246 g/mol. The molecule has 0 aromatic heterocycles. The van der Waals surface area contributed by atoms with Gasteiger partial charge in [-0.2, -0.15) is 5.26 Å². The van der Waals surface area contributed by atoms with Gasteiger partial charge < -0.3 is 5.32 Å². The van der Waals surface area contributed by atoms with Crippen molar-refractivity contribution in [2.75, 3.05) is 5.32 Å². The molecule has 96 valence electrons. The first-order valence-electron chi connectivity index (χ1n) is 5.70. The minimum atomic E-state index is -0.462. The molecule has 1 aromatic carbocycles. The molecule has 1 saturated heterocycles. The first-order chi connectivity index (χ1) is 9.10. The van der Waals surface area contributed by atoms with Gasteiger partial charge in [0.15, 0.2) is 0 Å². The van der Waals surface area contributed by atoms with Gasteiger partial charge in [0.1, 0.15) is 6.42 Å². The van der Waals surface area contributed by atoms with E-state index in [2.05, 4.69) is 10.6 Å². The molecule has 1 unspecified atom stereocenters. The van der Waals surface area contributed by atoms with Crippen molar-refractivity contribution < 1.29 is 14.4 Å². The minimum Gasteiger partial charge on any atom is -0.325 e. The van der Waals surface area contributed by atoms with Gasteiger partial charge in [-0.3, -0.25) is 19.7 Å². The number of hydrogen-bond acceptors (Lipinski definition) is 4. The second-order valence-electron chi connectivity index (χ2n) is 4.17. The lowest BCUT2D eigenvalue weighted by atomic mass is 9.97. The molecule has 6 nitrogen and oxygen atoms in total.